The van der Waals surface area contributed by atoms with Crippen molar-refractivity contribution in [2.24, 2.45) is 0 Å². The Hall–Kier alpha value is -2.89. The lowest BCUT2D eigenvalue weighted by Crippen LogP contribution is -1.93. The number of aromatic amines is 1. The van der Waals surface area contributed by atoms with Crippen LogP contribution in [-0.2, 0) is 0 Å². The van der Waals surface area contributed by atoms with Crippen LogP contribution in [0.3, 0.4) is 0 Å². The van der Waals surface area contributed by atoms with E-state index in [4.69, 9.17) is 0 Å². The molecule has 92 valence electrons. The number of H-pyrrole nitrogens is 1. The molecule has 19 heavy (non-hydrogen) atoms. The third-order valence-corrected chi connectivity index (χ3v) is 2.90. The Bertz CT molecular complexity index is 826. The first-order valence-corrected chi connectivity index (χ1v) is 5.90. The van der Waals surface area contributed by atoms with Crippen molar-refractivity contribution in [3.05, 3.63) is 48.9 Å². The Morgan fingerprint density at radius 3 is 3.16 bits per heavy atom. The van der Waals surface area contributed by atoms with Gasteiger partial charge in [-0.15, -0.1) is 5.10 Å². The summed E-state index contributed by atoms with van der Waals surface area (Å²) < 4.78 is 1.73. The zero-order chi connectivity index (χ0) is 12.7. The molecule has 0 saturated heterocycles. The lowest BCUT2D eigenvalue weighted by atomic mass is 10.3. The van der Waals surface area contributed by atoms with E-state index < -0.39 is 0 Å². The van der Waals surface area contributed by atoms with E-state index >= 15 is 0 Å². The number of fused-ring (bicyclic) bond motifs is 2. The molecule has 0 bridgehead atoms. The van der Waals surface area contributed by atoms with Crippen molar-refractivity contribution in [2.75, 3.05) is 5.32 Å². The molecule has 4 aromatic heterocycles. The van der Waals surface area contributed by atoms with Gasteiger partial charge in [-0.1, -0.05) is 6.07 Å². The number of hydrogen-bond acceptors (Lipinski definition) is 4. The minimum Gasteiger partial charge on any atom is -0.346 e. The normalized spacial score (nSPS) is 11.2. The second-order valence-electron chi connectivity index (χ2n) is 4.20. The second-order valence-corrected chi connectivity index (χ2v) is 4.20. The first-order chi connectivity index (χ1) is 9.38. The topological polar surface area (TPSA) is 70.9 Å². The van der Waals surface area contributed by atoms with Crippen LogP contribution in [0.2, 0.25) is 0 Å². The van der Waals surface area contributed by atoms with Gasteiger partial charge < -0.3 is 10.3 Å². The van der Waals surface area contributed by atoms with Crippen LogP contribution in [0.4, 0.5) is 11.6 Å². The molecular formula is C13H10N6. The SMILES string of the molecule is c1ccn2nc(Nc3cnc4[nH]ccc4c3)nc2c1. The van der Waals surface area contributed by atoms with E-state index in [1.54, 1.807) is 10.7 Å². The van der Waals surface area contributed by atoms with Crippen molar-refractivity contribution in [2.45, 2.75) is 0 Å². The molecule has 0 aromatic carbocycles. The average molecular weight is 250 g/mol. The number of nitrogens with zero attached hydrogens (tertiary/aromatic N) is 4. The van der Waals surface area contributed by atoms with Crippen molar-refractivity contribution in [1.82, 2.24) is 24.6 Å². The van der Waals surface area contributed by atoms with Gasteiger partial charge in [-0.05, 0) is 24.3 Å². The molecule has 4 aromatic rings. The molecule has 0 aliphatic heterocycles. The van der Waals surface area contributed by atoms with Gasteiger partial charge in [-0.3, -0.25) is 0 Å². The molecule has 0 atom stereocenters. The molecule has 6 nitrogen and oxygen atoms in total. The smallest absolute Gasteiger partial charge is 0.247 e. The summed E-state index contributed by atoms with van der Waals surface area (Å²) in [5, 5.41) is 8.54. The highest BCUT2D eigenvalue weighted by Crippen LogP contribution is 2.18. The molecule has 0 aliphatic carbocycles. The minimum absolute atomic E-state index is 0.558. The minimum atomic E-state index is 0.558. The maximum absolute atomic E-state index is 4.38. The summed E-state index contributed by atoms with van der Waals surface area (Å²) in [6, 6.07) is 9.74. The zero-order valence-corrected chi connectivity index (χ0v) is 9.91. The number of rotatable bonds is 2. The van der Waals surface area contributed by atoms with Crippen LogP contribution in [0.1, 0.15) is 0 Å². The van der Waals surface area contributed by atoms with Crippen molar-refractivity contribution in [3.63, 3.8) is 0 Å². The van der Waals surface area contributed by atoms with E-state index in [-0.39, 0.29) is 0 Å². The maximum Gasteiger partial charge on any atom is 0.247 e. The van der Waals surface area contributed by atoms with Gasteiger partial charge in [0.25, 0.3) is 0 Å². The van der Waals surface area contributed by atoms with Crippen LogP contribution in [0.15, 0.2) is 48.9 Å². The number of aromatic nitrogens is 5. The van der Waals surface area contributed by atoms with Crippen LogP contribution in [0.5, 0.6) is 0 Å². The molecular weight excluding hydrogens is 240 g/mol. The first kappa shape index (κ1) is 10.1. The zero-order valence-electron chi connectivity index (χ0n) is 9.91. The molecule has 0 fully saturated rings. The molecule has 0 saturated carbocycles. The molecule has 4 heterocycles. The van der Waals surface area contributed by atoms with Crippen LogP contribution in [0, 0.1) is 0 Å². The summed E-state index contributed by atoms with van der Waals surface area (Å²) >= 11 is 0. The molecule has 0 amide bonds. The standard InChI is InChI=1S/C13H10N6/c1-2-6-19-11(3-1)17-13(18-19)16-10-7-9-4-5-14-12(9)15-8-10/h1-8H,(H,14,15)(H,16,18). The molecule has 0 aliphatic rings. The van der Waals surface area contributed by atoms with Gasteiger partial charge in [-0.25, -0.2) is 9.50 Å². The number of hydrogen-bond donors (Lipinski definition) is 2. The van der Waals surface area contributed by atoms with E-state index in [2.05, 4.69) is 25.4 Å². The lowest BCUT2D eigenvalue weighted by Gasteiger charge is -2.00. The number of nitrogens with one attached hydrogen (secondary N) is 2. The molecule has 4 rings (SSSR count). The molecule has 0 spiro atoms. The van der Waals surface area contributed by atoms with E-state index in [9.17, 15) is 0 Å². The highest BCUT2D eigenvalue weighted by atomic mass is 15.3. The fourth-order valence-corrected chi connectivity index (χ4v) is 2.02. The lowest BCUT2D eigenvalue weighted by molar-refractivity contribution is 0.965. The van der Waals surface area contributed by atoms with Crippen LogP contribution < -0.4 is 5.32 Å². The third kappa shape index (κ3) is 1.70. The maximum atomic E-state index is 4.38. The molecule has 0 unspecified atom stereocenters. The summed E-state index contributed by atoms with van der Waals surface area (Å²) in [4.78, 5) is 11.7. The summed E-state index contributed by atoms with van der Waals surface area (Å²) in [6.07, 6.45) is 5.48. The number of pyridine rings is 2. The van der Waals surface area contributed by atoms with Crippen LogP contribution in [-0.4, -0.2) is 24.6 Å². The Morgan fingerprint density at radius 1 is 1.21 bits per heavy atom. The number of anilines is 2. The predicted octanol–water partition coefficient (Wildman–Crippen LogP) is 2.35. The fraction of sp³-hybridized carbons (Fsp3) is 0. The van der Waals surface area contributed by atoms with Gasteiger partial charge in [0.05, 0.1) is 11.9 Å². The predicted molar refractivity (Wildman–Crippen MR) is 72.4 cm³/mol. The van der Waals surface area contributed by atoms with Crippen LogP contribution >= 0.6 is 0 Å². The Kier molecular flexibility index (Phi) is 2.02. The third-order valence-electron chi connectivity index (χ3n) is 2.90. The van der Waals surface area contributed by atoms with Crippen molar-refractivity contribution in [3.8, 4) is 0 Å². The first-order valence-electron chi connectivity index (χ1n) is 5.90. The highest BCUT2D eigenvalue weighted by Gasteiger charge is 2.04. The van der Waals surface area contributed by atoms with Gasteiger partial charge >= 0.3 is 0 Å². The largest absolute Gasteiger partial charge is 0.346 e. The van der Waals surface area contributed by atoms with Gasteiger partial charge in [0.15, 0.2) is 5.65 Å². The quantitative estimate of drug-likeness (QED) is 0.573. The van der Waals surface area contributed by atoms with Gasteiger partial charge in [0.2, 0.25) is 5.95 Å². The summed E-state index contributed by atoms with van der Waals surface area (Å²) in [6.45, 7) is 0. The van der Waals surface area contributed by atoms with Gasteiger partial charge in [0.1, 0.15) is 5.65 Å². The molecule has 0 radical (unpaired) electrons. The summed E-state index contributed by atoms with van der Waals surface area (Å²) in [7, 11) is 0. The Morgan fingerprint density at radius 2 is 2.21 bits per heavy atom. The second kappa shape index (κ2) is 3.81. The van der Waals surface area contributed by atoms with Crippen molar-refractivity contribution >= 4 is 28.3 Å². The van der Waals surface area contributed by atoms with E-state index in [0.29, 0.717) is 5.95 Å². The van der Waals surface area contributed by atoms with E-state index in [0.717, 1.165) is 22.4 Å². The Balaban J connectivity index is 1.72. The summed E-state index contributed by atoms with van der Waals surface area (Å²) in [5.41, 5.74) is 2.54. The van der Waals surface area contributed by atoms with E-state index in [1.165, 1.54) is 0 Å². The van der Waals surface area contributed by atoms with Crippen LogP contribution in [0.25, 0.3) is 16.7 Å². The fourth-order valence-electron chi connectivity index (χ4n) is 2.02. The van der Waals surface area contributed by atoms with Gasteiger partial charge in [0, 0.05) is 17.8 Å². The molecule has 6 heteroatoms. The van der Waals surface area contributed by atoms with Crippen molar-refractivity contribution in [1.29, 1.82) is 0 Å². The highest BCUT2D eigenvalue weighted by molar-refractivity contribution is 5.79. The average Bonchev–Trinajstić information content (AvgIpc) is 3.03. The molecule has 2 N–H and O–H groups in total. The monoisotopic (exact) mass is 250 g/mol. The van der Waals surface area contributed by atoms with E-state index in [1.807, 2.05) is 42.7 Å². The Labute approximate surface area is 108 Å². The van der Waals surface area contributed by atoms with Gasteiger partial charge in [-0.2, -0.15) is 4.98 Å². The van der Waals surface area contributed by atoms with Crippen molar-refractivity contribution < 1.29 is 0 Å². The summed E-state index contributed by atoms with van der Waals surface area (Å²) in [5.74, 6) is 0.558.